The topological polar surface area (TPSA) is 3.24 Å². The van der Waals surface area contributed by atoms with Crippen molar-refractivity contribution < 1.29 is 0 Å². The van der Waals surface area contributed by atoms with E-state index in [0.29, 0.717) is 0 Å². The summed E-state index contributed by atoms with van der Waals surface area (Å²) in [6.07, 6.45) is 0. The Morgan fingerprint density at radius 1 is 0.417 bits per heavy atom. The number of nitrogens with zero attached hydrogens (tertiary/aromatic N) is 1. The maximum atomic E-state index is 2.51. The predicted molar refractivity (Wildman–Crippen MR) is 206 cm³/mol. The molecule has 0 bridgehead atoms. The maximum absolute atomic E-state index is 2.51. The van der Waals surface area contributed by atoms with Crippen LogP contribution in [0.2, 0.25) is 0 Å². The van der Waals surface area contributed by atoms with Crippen LogP contribution in [0.25, 0.3) is 52.3 Å². The molecule has 230 valence electrons. The number of anilines is 3. The van der Waals surface area contributed by atoms with Crippen LogP contribution in [0.4, 0.5) is 17.1 Å². The Labute approximate surface area is 287 Å². The van der Waals surface area contributed by atoms with Crippen LogP contribution in [0, 0.1) is 0 Å². The van der Waals surface area contributed by atoms with Crippen molar-refractivity contribution in [2.75, 3.05) is 4.90 Å². The summed E-state index contributed by atoms with van der Waals surface area (Å²) in [6.45, 7) is 9.50. The van der Waals surface area contributed by atoms with Gasteiger partial charge in [0, 0.05) is 0 Å². The van der Waals surface area contributed by atoms with Gasteiger partial charge >= 0.3 is 289 Å². The molecule has 0 saturated heterocycles. The summed E-state index contributed by atoms with van der Waals surface area (Å²) < 4.78 is 2.97. The molecule has 2 aliphatic rings. The third-order valence-electron chi connectivity index (χ3n) is 11.3. The summed E-state index contributed by atoms with van der Waals surface area (Å²) in [5.41, 5.74) is 14.5. The van der Waals surface area contributed by atoms with Gasteiger partial charge in [0.05, 0.1) is 0 Å². The Kier molecular flexibility index (Phi) is 5.77. The van der Waals surface area contributed by atoms with Gasteiger partial charge in [0.1, 0.15) is 0 Å². The Morgan fingerprint density at radius 2 is 0.917 bits per heavy atom. The first-order valence-electron chi connectivity index (χ1n) is 16.9. The first-order valence-corrected chi connectivity index (χ1v) is 18.6. The van der Waals surface area contributed by atoms with E-state index in [9.17, 15) is 0 Å². The molecule has 0 N–H and O–H groups in total. The first kappa shape index (κ1) is 28.2. The van der Waals surface area contributed by atoms with Crippen molar-refractivity contribution in [3.63, 3.8) is 0 Å². The Balaban J connectivity index is 1.20. The molecule has 0 atom stereocenters. The Bertz CT molecular complexity index is 2530. The van der Waals surface area contributed by atoms with E-state index in [1.165, 1.54) is 91.6 Å². The van der Waals surface area contributed by atoms with Gasteiger partial charge in [-0.1, -0.05) is 0 Å². The molecule has 0 aliphatic heterocycles. The molecule has 2 heteroatoms. The van der Waals surface area contributed by atoms with E-state index in [1.54, 1.807) is 0 Å². The van der Waals surface area contributed by atoms with Crippen LogP contribution < -0.4 is 4.90 Å². The van der Waals surface area contributed by atoms with Crippen molar-refractivity contribution in [1.29, 1.82) is 0 Å². The third-order valence-corrected chi connectivity index (χ3v) is 13.8. The number of rotatable bonds is 3. The Morgan fingerprint density at radius 3 is 1.56 bits per heavy atom. The number of hydrogen-bond acceptors (Lipinski definition) is 1. The van der Waals surface area contributed by atoms with Crippen molar-refractivity contribution in [2.24, 2.45) is 0 Å². The second kappa shape index (κ2) is 9.83. The van der Waals surface area contributed by atoms with Gasteiger partial charge in [-0.25, -0.2) is 0 Å². The van der Waals surface area contributed by atoms with Crippen molar-refractivity contribution in [2.45, 2.75) is 38.5 Å². The van der Waals surface area contributed by atoms with Crippen LogP contribution in [0.3, 0.4) is 0 Å². The van der Waals surface area contributed by atoms with Crippen LogP contribution in [0.5, 0.6) is 0 Å². The van der Waals surface area contributed by atoms with Crippen molar-refractivity contribution >= 4 is 61.6 Å². The van der Waals surface area contributed by atoms with Gasteiger partial charge in [-0.3, -0.25) is 0 Å². The molecule has 0 fully saturated rings. The van der Waals surface area contributed by atoms with E-state index in [4.69, 9.17) is 0 Å². The molecule has 0 spiro atoms. The molecule has 1 heterocycles. The van der Waals surface area contributed by atoms with Crippen molar-refractivity contribution in [3.05, 3.63) is 162 Å². The molecule has 8 aromatic rings. The van der Waals surface area contributed by atoms with Gasteiger partial charge in [-0.2, -0.15) is 0 Å². The average molecular weight is 681 g/mol. The molecule has 10 rings (SSSR count). The minimum absolute atomic E-state index is 0.0705. The van der Waals surface area contributed by atoms with E-state index in [1.807, 2.05) is 0 Å². The SMILES string of the molecule is CC1(C)c2ccccc2-c2ccc(N(c3ccc4c(c3)C(C)(C)c3ccccc3-4)c3ccc4c(c3)[se]c3c5ccccc5ccc43)cc21. The average Bonchev–Trinajstić information content (AvgIpc) is 3.68. The zero-order valence-corrected chi connectivity index (χ0v) is 29.3. The molecule has 1 nitrogen and oxygen atoms in total. The van der Waals surface area contributed by atoms with Crippen molar-refractivity contribution in [1.82, 2.24) is 0 Å². The second-order valence-electron chi connectivity index (χ2n) is 14.6. The zero-order chi connectivity index (χ0) is 32.4. The molecule has 48 heavy (non-hydrogen) atoms. The summed E-state index contributed by atoms with van der Waals surface area (Å²) in [4.78, 5) is 2.51. The van der Waals surface area contributed by atoms with E-state index in [-0.39, 0.29) is 25.3 Å². The van der Waals surface area contributed by atoms with Crippen LogP contribution >= 0.6 is 0 Å². The summed E-state index contributed by atoms with van der Waals surface area (Å²) in [7, 11) is 0. The molecule has 0 unspecified atom stereocenters. The van der Waals surface area contributed by atoms with Crippen LogP contribution in [0.15, 0.2) is 140 Å². The van der Waals surface area contributed by atoms with E-state index in [2.05, 4.69) is 172 Å². The number of benzene rings is 7. The summed E-state index contributed by atoms with van der Waals surface area (Å²) in [5, 5.41) is 5.51. The number of fused-ring (bicyclic) bond motifs is 11. The fraction of sp³-hybridized carbons (Fsp3) is 0.130. The normalized spacial score (nSPS) is 15.0. The van der Waals surface area contributed by atoms with Gasteiger partial charge < -0.3 is 0 Å². The fourth-order valence-electron chi connectivity index (χ4n) is 8.74. The standard InChI is InChI=1S/C46H35NSe/c1-45(2)39-15-9-7-13-33(39)35-22-18-29(25-41(35)45)47(30-19-23-36-34-14-8-10-16-40(34)46(3,4)42(36)26-30)31-20-24-37-38-21-17-28-11-5-6-12-32(28)44(38)48-43(37)27-31/h5-27H,1-4H3. The number of hydrogen-bond donors (Lipinski definition) is 0. The molecule has 7 aromatic carbocycles. The molecule has 1 aromatic heterocycles. The molecule has 2 aliphatic carbocycles. The van der Waals surface area contributed by atoms with E-state index >= 15 is 0 Å². The van der Waals surface area contributed by atoms with Gasteiger partial charge in [0.15, 0.2) is 0 Å². The van der Waals surface area contributed by atoms with Crippen LogP contribution in [-0.4, -0.2) is 14.5 Å². The first-order chi connectivity index (χ1) is 23.3. The van der Waals surface area contributed by atoms with Gasteiger partial charge in [-0.05, 0) is 0 Å². The van der Waals surface area contributed by atoms with E-state index in [0.717, 1.165) is 0 Å². The Hall–Kier alpha value is -4.88. The predicted octanol–water partition coefficient (Wildman–Crippen LogP) is 12.3. The van der Waals surface area contributed by atoms with Gasteiger partial charge in [0.25, 0.3) is 0 Å². The monoisotopic (exact) mass is 681 g/mol. The summed E-state index contributed by atoms with van der Waals surface area (Å²) in [6, 6.07) is 52.9. The molecule has 0 amide bonds. The molecular formula is C46H35NSe. The summed E-state index contributed by atoms with van der Waals surface area (Å²) in [5.74, 6) is 0. The molecule has 0 saturated carbocycles. The molecule has 0 radical (unpaired) electrons. The zero-order valence-electron chi connectivity index (χ0n) is 27.6. The molecular weight excluding hydrogens is 645 g/mol. The van der Waals surface area contributed by atoms with Gasteiger partial charge in [0.2, 0.25) is 0 Å². The van der Waals surface area contributed by atoms with Gasteiger partial charge in [-0.15, -0.1) is 0 Å². The minimum atomic E-state index is -0.0705. The van der Waals surface area contributed by atoms with Crippen molar-refractivity contribution in [3.8, 4) is 22.3 Å². The quantitative estimate of drug-likeness (QED) is 0.168. The van der Waals surface area contributed by atoms with Crippen LogP contribution in [0.1, 0.15) is 49.9 Å². The fourth-order valence-corrected chi connectivity index (χ4v) is 11.4. The third kappa shape index (κ3) is 3.79. The second-order valence-corrected chi connectivity index (χ2v) is 16.8. The van der Waals surface area contributed by atoms with E-state index < -0.39 is 0 Å². The summed E-state index contributed by atoms with van der Waals surface area (Å²) >= 11 is 0.232. The van der Waals surface area contributed by atoms with Crippen LogP contribution in [-0.2, 0) is 10.8 Å².